The molecule has 0 atom stereocenters. The molecule has 0 saturated carbocycles. The monoisotopic (exact) mass is 682 g/mol. The van der Waals surface area contributed by atoms with Gasteiger partial charge in [-0.2, -0.15) is 4.31 Å². The second-order valence-electron chi connectivity index (χ2n) is 10.2. The summed E-state index contributed by atoms with van der Waals surface area (Å²) in [5.74, 6) is -0.795. The van der Waals surface area contributed by atoms with E-state index in [9.17, 15) is 22.8 Å². The zero-order valence-electron chi connectivity index (χ0n) is 24.2. The molecule has 0 unspecified atom stereocenters. The Bertz CT molecular complexity index is 1830. The smallest absolute Gasteiger partial charge is 0.309 e. The quantitative estimate of drug-likeness (QED) is 0.156. The van der Waals surface area contributed by atoms with Crippen LogP contribution in [0.4, 0.5) is 5.69 Å². The van der Waals surface area contributed by atoms with Gasteiger partial charge in [0.25, 0.3) is 0 Å². The molecule has 1 saturated heterocycles. The van der Waals surface area contributed by atoms with Gasteiger partial charge in [0.05, 0.1) is 41.2 Å². The topological polar surface area (TPSA) is 132 Å². The number of methoxy groups -OCH3 is 1. The third-order valence-electron chi connectivity index (χ3n) is 7.51. The Kier molecular flexibility index (Phi) is 9.52. The van der Waals surface area contributed by atoms with Crippen molar-refractivity contribution in [1.29, 1.82) is 0 Å². The number of benzene rings is 3. The van der Waals surface area contributed by atoms with E-state index in [1.54, 1.807) is 55.5 Å². The molecular weight excluding hydrogens is 652 g/mol. The van der Waals surface area contributed by atoms with Crippen LogP contribution in [0.1, 0.15) is 46.2 Å². The van der Waals surface area contributed by atoms with Crippen molar-refractivity contribution in [3.8, 4) is 5.75 Å². The van der Waals surface area contributed by atoms with E-state index in [0.29, 0.717) is 45.3 Å². The lowest BCUT2D eigenvalue weighted by atomic mass is 9.98. The molecule has 1 fully saturated rings. The van der Waals surface area contributed by atoms with Crippen LogP contribution in [-0.2, 0) is 19.6 Å². The highest BCUT2D eigenvalue weighted by atomic mass is 79.9. The van der Waals surface area contributed by atoms with Crippen molar-refractivity contribution in [3.63, 3.8) is 0 Å². The molecule has 12 heteroatoms. The minimum absolute atomic E-state index is 0.00681. The molecule has 5 rings (SSSR count). The molecule has 1 N–H and O–H groups in total. The van der Waals surface area contributed by atoms with Crippen molar-refractivity contribution in [3.05, 3.63) is 88.1 Å². The van der Waals surface area contributed by atoms with Gasteiger partial charge in [0.2, 0.25) is 15.8 Å². The molecule has 0 spiro atoms. The maximum Gasteiger partial charge on any atom is 0.309 e. The summed E-state index contributed by atoms with van der Waals surface area (Å²) in [6.45, 7) is 2.16. The van der Waals surface area contributed by atoms with Crippen molar-refractivity contribution in [2.45, 2.75) is 24.7 Å². The van der Waals surface area contributed by atoms with Crippen molar-refractivity contribution >= 4 is 60.1 Å². The Morgan fingerprint density at radius 2 is 1.75 bits per heavy atom. The summed E-state index contributed by atoms with van der Waals surface area (Å²) in [6, 6.07) is 17.9. The SMILES string of the molecule is CCOC(=O)C1CCN(S(=O)(=O)c2cccc(C(=O)CNc3c(C(=O)c4ccc(OC)c(Br)c4)oc4ccccc34)c2)CC1. The van der Waals surface area contributed by atoms with Crippen molar-refractivity contribution < 1.29 is 36.7 Å². The van der Waals surface area contributed by atoms with E-state index in [-0.39, 0.29) is 65.9 Å². The van der Waals surface area contributed by atoms with Gasteiger partial charge in [0, 0.05) is 29.6 Å². The zero-order chi connectivity index (χ0) is 31.4. The number of fused-ring (bicyclic) bond motifs is 1. The molecule has 44 heavy (non-hydrogen) atoms. The summed E-state index contributed by atoms with van der Waals surface area (Å²) < 4.78 is 45.0. The molecule has 1 aliphatic heterocycles. The second kappa shape index (κ2) is 13.3. The van der Waals surface area contributed by atoms with Gasteiger partial charge in [-0.3, -0.25) is 14.4 Å². The summed E-state index contributed by atoms with van der Waals surface area (Å²) in [7, 11) is -2.36. The first-order chi connectivity index (χ1) is 21.1. The summed E-state index contributed by atoms with van der Waals surface area (Å²) in [6.07, 6.45) is 0.738. The molecule has 0 radical (unpaired) electrons. The van der Waals surface area contributed by atoms with Gasteiger partial charge in [-0.15, -0.1) is 0 Å². The normalized spacial score (nSPS) is 14.3. The third-order valence-corrected chi connectivity index (χ3v) is 10.0. The standard InChI is InChI=1S/C32H31BrN2O8S/c1-3-42-32(38)20-13-15-35(16-14-20)44(39,40)23-8-6-7-21(17-23)26(36)19-34-29-24-9-4-5-10-27(24)43-31(29)30(37)22-11-12-28(41-2)25(33)18-22/h4-12,17-18,20,34H,3,13-16,19H2,1-2H3. The van der Waals surface area contributed by atoms with Crippen LogP contribution in [0, 0.1) is 5.92 Å². The number of carbonyl (C=O) groups excluding carboxylic acids is 3. The predicted octanol–water partition coefficient (Wildman–Crippen LogP) is 5.69. The van der Waals surface area contributed by atoms with Crippen LogP contribution in [0.25, 0.3) is 11.0 Å². The average Bonchev–Trinajstić information content (AvgIpc) is 3.42. The van der Waals surface area contributed by atoms with Gasteiger partial charge >= 0.3 is 5.97 Å². The number of anilines is 1. The molecular formula is C32H31BrN2O8S. The molecule has 2 heterocycles. The number of furan rings is 1. The average molecular weight is 684 g/mol. The highest BCUT2D eigenvalue weighted by molar-refractivity contribution is 9.10. The molecule has 10 nitrogen and oxygen atoms in total. The summed E-state index contributed by atoms with van der Waals surface area (Å²) in [4.78, 5) is 38.9. The number of hydrogen-bond acceptors (Lipinski definition) is 9. The first-order valence-electron chi connectivity index (χ1n) is 14.1. The van der Waals surface area contributed by atoms with E-state index in [2.05, 4.69) is 21.2 Å². The molecule has 3 aromatic carbocycles. The summed E-state index contributed by atoms with van der Waals surface area (Å²) >= 11 is 3.40. The second-order valence-corrected chi connectivity index (χ2v) is 13.0. The van der Waals surface area contributed by atoms with Crippen LogP contribution < -0.4 is 10.1 Å². The number of para-hydroxylation sites is 1. The third kappa shape index (κ3) is 6.42. The number of carbonyl (C=O) groups is 3. The van der Waals surface area contributed by atoms with Gasteiger partial charge in [-0.1, -0.05) is 24.3 Å². The fourth-order valence-electron chi connectivity index (χ4n) is 5.16. The Labute approximate surface area is 263 Å². The van der Waals surface area contributed by atoms with Gasteiger partial charge < -0.3 is 19.2 Å². The van der Waals surface area contributed by atoms with Crippen molar-refractivity contribution in [1.82, 2.24) is 4.31 Å². The molecule has 4 aromatic rings. The molecule has 1 aliphatic rings. The first kappa shape index (κ1) is 31.4. The Morgan fingerprint density at radius 1 is 1.00 bits per heavy atom. The Balaban J connectivity index is 1.34. The number of ketones is 2. The number of halogens is 1. The number of nitrogens with zero attached hydrogens (tertiary/aromatic N) is 1. The van der Waals surface area contributed by atoms with E-state index in [0.717, 1.165) is 0 Å². The van der Waals surface area contributed by atoms with Gasteiger partial charge in [0.1, 0.15) is 11.3 Å². The fraction of sp³-hybridized carbons (Fsp3) is 0.281. The number of sulfonamides is 1. The lowest BCUT2D eigenvalue weighted by Gasteiger charge is -2.30. The van der Waals surface area contributed by atoms with E-state index in [1.807, 2.05) is 0 Å². The number of Topliss-reactive ketones (excluding diaryl/α,β-unsaturated/α-hetero) is 1. The number of hydrogen-bond donors (Lipinski definition) is 1. The largest absolute Gasteiger partial charge is 0.496 e. The summed E-state index contributed by atoms with van der Waals surface area (Å²) in [5, 5.41) is 3.69. The van der Waals surface area contributed by atoms with Crippen LogP contribution in [-0.4, -0.2) is 63.6 Å². The Hall–Kier alpha value is -4.00. The fourth-order valence-corrected chi connectivity index (χ4v) is 7.22. The number of esters is 1. The zero-order valence-corrected chi connectivity index (χ0v) is 26.6. The lowest BCUT2D eigenvalue weighted by Crippen LogP contribution is -2.40. The lowest BCUT2D eigenvalue weighted by molar-refractivity contribution is -0.149. The maximum atomic E-state index is 13.5. The highest BCUT2D eigenvalue weighted by Gasteiger charge is 2.33. The van der Waals surface area contributed by atoms with Gasteiger partial charge in [-0.25, -0.2) is 8.42 Å². The van der Waals surface area contributed by atoms with E-state index >= 15 is 0 Å². The molecule has 0 aliphatic carbocycles. The van der Waals surface area contributed by atoms with Crippen LogP contribution in [0.5, 0.6) is 5.75 Å². The Morgan fingerprint density at radius 3 is 2.45 bits per heavy atom. The van der Waals surface area contributed by atoms with Crippen LogP contribution in [0.3, 0.4) is 0 Å². The van der Waals surface area contributed by atoms with Crippen LogP contribution >= 0.6 is 15.9 Å². The molecule has 0 amide bonds. The van der Waals surface area contributed by atoms with Gasteiger partial charge in [-0.05, 0) is 78.2 Å². The minimum atomic E-state index is -3.89. The van der Waals surface area contributed by atoms with E-state index < -0.39 is 10.0 Å². The molecule has 1 aromatic heterocycles. The summed E-state index contributed by atoms with van der Waals surface area (Å²) in [5.41, 5.74) is 1.38. The van der Waals surface area contributed by atoms with E-state index in [4.69, 9.17) is 13.9 Å². The van der Waals surface area contributed by atoms with Crippen molar-refractivity contribution in [2.24, 2.45) is 5.92 Å². The minimum Gasteiger partial charge on any atom is -0.496 e. The number of nitrogens with one attached hydrogen (secondary N) is 1. The molecule has 230 valence electrons. The first-order valence-corrected chi connectivity index (χ1v) is 16.3. The van der Waals surface area contributed by atoms with E-state index in [1.165, 1.54) is 29.6 Å². The highest BCUT2D eigenvalue weighted by Crippen LogP contribution is 2.34. The number of ether oxygens (including phenoxy) is 2. The number of piperidine rings is 1. The van der Waals surface area contributed by atoms with Crippen molar-refractivity contribution in [2.75, 3.05) is 38.7 Å². The number of rotatable bonds is 11. The molecule has 0 bridgehead atoms. The predicted molar refractivity (Wildman–Crippen MR) is 168 cm³/mol. The maximum absolute atomic E-state index is 13.5. The van der Waals surface area contributed by atoms with Crippen LogP contribution in [0.2, 0.25) is 0 Å². The van der Waals surface area contributed by atoms with Gasteiger partial charge in [0.15, 0.2) is 11.5 Å². The van der Waals surface area contributed by atoms with Crippen LogP contribution in [0.15, 0.2) is 80.5 Å².